The number of aromatic amines is 1. The molecule has 2 aromatic heterocycles. The van der Waals surface area contributed by atoms with E-state index in [0.29, 0.717) is 11.5 Å². The molecule has 0 aliphatic carbocycles. The summed E-state index contributed by atoms with van der Waals surface area (Å²) in [5, 5.41) is 2.91. The third kappa shape index (κ3) is 3.67. The molecular formula is C20H23N7O. The number of nitrogens with two attached hydrogens (primary N) is 2. The first-order valence-corrected chi connectivity index (χ1v) is 9.28. The Morgan fingerprint density at radius 2 is 2.07 bits per heavy atom. The number of aromatic nitrogens is 3. The molecule has 1 fully saturated rings. The maximum Gasteiger partial charge on any atom is 0.276 e. The second kappa shape index (κ2) is 7.69. The molecule has 8 nitrogen and oxygen atoms in total. The van der Waals surface area contributed by atoms with Crippen molar-refractivity contribution in [3.05, 3.63) is 54.5 Å². The number of nitrogens with zero attached hydrogens (tertiary/aromatic N) is 3. The zero-order valence-electron chi connectivity index (χ0n) is 15.4. The number of hydrogen-bond donors (Lipinski definition) is 4. The third-order valence-corrected chi connectivity index (χ3v) is 4.85. The molecule has 3 heterocycles. The summed E-state index contributed by atoms with van der Waals surface area (Å²) in [6, 6.07) is 11.5. The Balaban J connectivity index is 1.57. The van der Waals surface area contributed by atoms with E-state index in [1.807, 2.05) is 36.4 Å². The second-order valence-electron chi connectivity index (χ2n) is 6.91. The molecule has 1 aliphatic heterocycles. The second-order valence-corrected chi connectivity index (χ2v) is 6.91. The molecule has 6 N–H and O–H groups in total. The van der Waals surface area contributed by atoms with Crippen molar-refractivity contribution in [2.24, 2.45) is 5.73 Å². The molecule has 1 aliphatic rings. The lowest BCUT2D eigenvalue weighted by Crippen LogP contribution is -2.43. The van der Waals surface area contributed by atoms with Crippen molar-refractivity contribution in [3.63, 3.8) is 0 Å². The van der Waals surface area contributed by atoms with Crippen LogP contribution in [0, 0.1) is 0 Å². The van der Waals surface area contributed by atoms with Crippen LogP contribution in [0.25, 0.3) is 11.4 Å². The Hall–Kier alpha value is -3.39. The van der Waals surface area contributed by atoms with Crippen molar-refractivity contribution in [2.75, 3.05) is 29.0 Å². The molecule has 4 rings (SSSR count). The van der Waals surface area contributed by atoms with Crippen molar-refractivity contribution < 1.29 is 4.79 Å². The first kappa shape index (κ1) is 18.0. The highest BCUT2D eigenvalue weighted by molar-refractivity contribution is 6.07. The standard InChI is InChI=1S/C20H23N7O/c21-14-7-4-10-27(12-14)16-8-9-23-11-15(16)24-20(28)17-18(22)26-19(25-17)13-5-2-1-3-6-13/h1-3,5-6,8-9,11,14H,4,7,10,12,21-22H2,(H,24,28)(H,25,26)/t14-/m0/s1. The minimum atomic E-state index is -0.359. The van der Waals surface area contributed by atoms with E-state index in [2.05, 4.69) is 25.2 Å². The highest BCUT2D eigenvalue weighted by Gasteiger charge is 2.22. The number of hydrogen-bond acceptors (Lipinski definition) is 6. The number of carbonyl (C=O) groups is 1. The molecule has 0 unspecified atom stereocenters. The predicted octanol–water partition coefficient (Wildman–Crippen LogP) is 2.23. The molecule has 1 saturated heterocycles. The Morgan fingerprint density at radius 3 is 2.86 bits per heavy atom. The molecule has 3 aromatic rings. The number of amides is 1. The van der Waals surface area contributed by atoms with E-state index < -0.39 is 0 Å². The van der Waals surface area contributed by atoms with Gasteiger partial charge in [-0.3, -0.25) is 9.78 Å². The number of nitrogens with one attached hydrogen (secondary N) is 2. The Kier molecular flexibility index (Phi) is 4.94. The maximum absolute atomic E-state index is 12.8. The van der Waals surface area contributed by atoms with E-state index >= 15 is 0 Å². The van der Waals surface area contributed by atoms with Gasteiger partial charge < -0.3 is 26.7 Å². The normalized spacial score (nSPS) is 16.8. The van der Waals surface area contributed by atoms with E-state index in [1.54, 1.807) is 12.4 Å². The number of nitrogen functional groups attached to an aromatic ring is 1. The number of carbonyl (C=O) groups excluding carboxylic acids is 1. The Bertz CT molecular complexity index is 970. The average molecular weight is 377 g/mol. The predicted molar refractivity (Wildman–Crippen MR) is 110 cm³/mol. The lowest BCUT2D eigenvalue weighted by atomic mass is 10.1. The SMILES string of the molecule is Nc1nc(-c2ccccc2)[nH]c1C(=O)Nc1cnccc1N1CCC[C@H](N)C1. The molecule has 0 spiro atoms. The number of H-pyrrole nitrogens is 1. The molecule has 1 amide bonds. The van der Waals surface area contributed by atoms with Gasteiger partial charge in [0, 0.05) is 30.9 Å². The molecule has 0 bridgehead atoms. The maximum atomic E-state index is 12.8. The highest BCUT2D eigenvalue weighted by Crippen LogP contribution is 2.28. The number of benzene rings is 1. The molecule has 0 radical (unpaired) electrons. The molecular weight excluding hydrogens is 354 g/mol. The van der Waals surface area contributed by atoms with Crippen LogP contribution in [0.1, 0.15) is 23.3 Å². The summed E-state index contributed by atoms with van der Waals surface area (Å²) in [5.74, 6) is 0.348. The van der Waals surface area contributed by atoms with Gasteiger partial charge in [0.25, 0.3) is 5.91 Å². The summed E-state index contributed by atoms with van der Waals surface area (Å²) in [6.07, 6.45) is 5.38. The number of rotatable bonds is 4. The van der Waals surface area contributed by atoms with Crippen LogP contribution in [-0.4, -0.2) is 40.0 Å². The van der Waals surface area contributed by atoms with Gasteiger partial charge in [-0.2, -0.15) is 0 Å². The monoisotopic (exact) mass is 377 g/mol. The number of piperidine rings is 1. The van der Waals surface area contributed by atoms with Crippen LogP contribution in [0.4, 0.5) is 17.2 Å². The zero-order valence-corrected chi connectivity index (χ0v) is 15.4. The van der Waals surface area contributed by atoms with Crippen LogP contribution < -0.4 is 21.7 Å². The Morgan fingerprint density at radius 1 is 1.25 bits per heavy atom. The minimum Gasteiger partial charge on any atom is -0.382 e. The van der Waals surface area contributed by atoms with Crippen LogP contribution in [0.15, 0.2) is 48.8 Å². The van der Waals surface area contributed by atoms with E-state index in [9.17, 15) is 4.79 Å². The molecule has 1 aromatic carbocycles. The van der Waals surface area contributed by atoms with Crippen LogP contribution in [0.5, 0.6) is 0 Å². The largest absolute Gasteiger partial charge is 0.382 e. The number of imidazole rings is 1. The molecule has 28 heavy (non-hydrogen) atoms. The lowest BCUT2D eigenvalue weighted by molar-refractivity contribution is 0.102. The number of anilines is 3. The van der Waals surface area contributed by atoms with Gasteiger partial charge in [0.1, 0.15) is 11.5 Å². The average Bonchev–Trinajstić information content (AvgIpc) is 3.11. The van der Waals surface area contributed by atoms with Crippen LogP contribution >= 0.6 is 0 Å². The van der Waals surface area contributed by atoms with Gasteiger partial charge in [-0.05, 0) is 18.9 Å². The smallest absolute Gasteiger partial charge is 0.276 e. The van der Waals surface area contributed by atoms with Gasteiger partial charge >= 0.3 is 0 Å². The van der Waals surface area contributed by atoms with E-state index in [1.165, 1.54) is 0 Å². The summed E-state index contributed by atoms with van der Waals surface area (Å²) in [6.45, 7) is 1.64. The summed E-state index contributed by atoms with van der Waals surface area (Å²) in [4.78, 5) is 26.5. The summed E-state index contributed by atoms with van der Waals surface area (Å²) >= 11 is 0. The summed E-state index contributed by atoms with van der Waals surface area (Å²) in [7, 11) is 0. The third-order valence-electron chi connectivity index (χ3n) is 4.85. The van der Waals surface area contributed by atoms with Crippen molar-refractivity contribution >= 4 is 23.1 Å². The van der Waals surface area contributed by atoms with Crippen LogP contribution in [0.2, 0.25) is 0 Å². The quantitative estimate of drug-likeness (QED) is 0.552. The van der Waals surface area contributed by atoms with Gasteiger partial charge in [-0.25, -0.2) is 4.98 Å². The lowest BCUT2D eigenvalue weighted by Gasteiger charge is -2.33. The fourth-order valence-electron chi connectivity index (χ4n) is 3.47. The van der Waals surface area contributed by atoms with Crippen molar-refractivity contribution in [1.82, 2.24) is 15.0 Å². The summed E-state index contributed by atoms with van der Waals surface area (Å²) in [5.41, 5.74) is 14.7. The zero-order chi connectivity index (χ0) is 19.5. The Labute approximate surface area is 163 Å². The minimum absolute atomic E-state index is 0.127. The van der Waals surface area contributed by atoms with Crippen molar-refractivity contribution in [2.45, 2.75) is 18.9 Å². The first-order chi connectivity index (χ1) is 13.6. The van der Waals surface area contributed by atoms with Gasteiger partial charge in [-0.15, -0.1) is 0 Å². The van der Waals surface area contributed by atoms with E-state index in [0.717, 1.165) is 37.2 Å². The van der Waals surface area contributed by atoms with Gasteiger partial charge in [0.05, 0.1) is 17.6 Å². The highest BCUT2D eigenvalue weighted by atomic mass is 16.2. The summed E-state index contributed by atoms with van der Waals surface area (Å²) < 4.78 is 0. The topological polar surface area (TPSA) is 126 Å². The molecule has 144 valence electrons. The van der Waals surface area contributed by atoms with Crippen LogP contribution in [0.3, 0.4) is 0 Å². The van der Waals surface area contributed by atoms with E-state index in [4.69, 9.17) is 11.5 Å². The molecule has 1 atom stereocenters. The van der Waals surface area contributed by atoms with Crippen molar-refractivity contribution in [1.29, 1.82) is 0 Å². The van der Waals surface area contributed by atoms with Gasteiger partial charge in [0.15, 0.2) is 5.82 Å². The molecule has 0 saturated carbocycles. The van der Waals surface area contributed by atoms with Gasteiger partial charge in [-0.1, -0.05) is 30.3 Å². The van der Waals surface area contributed by atoms with Crippen LogP contribution in [-0.2, 0) is 0 Å². The fourth-order valence-corrected chi connectivity index (χ4v) is 3.47. The van der Waals surface area contributed by atoms with Crippen molar-refractivity contribution in [3.8, 4) is 11.4 Å². The van der Waals surface area contributed by atoms with E-state index in [-0.39, 0.29) is 23.5 Å². The first-order valence-electron chi connectivity index (χ1n) is 9.28. The van der Waals surface area contributed by atoms with Gasteiger partial charge in [0.2, 0.25) is 0 Å². The fraction of sp³-hybridized carbons (Fsp3) is 0.250. The molecule has 8 heteroatoms. The number of pyridine rings is 1.